The molecule has 0 amide bonds. The fourth-order valence-electron chi connectivity index (χ4n) is 2.75. The maximum absolute atomic E-state index is 9.33. The number of anilines is 2. The molecular formula is C13H24N4O. The second kappa shape index (κ2) is 4.80. The first-order valence-corrected chi connectivity index (χ1v) is 6.61. The van der Waals surface area contributed by atoms with Crippen LogP contribution >= 0.6 is 0 Å². The van der Waals surface area contributed by atoms with E-state index in [1.165, 1.54) is 0 Å². The standard InChI is InChI=1S/C13H24N4O/c1-8(2)12-11(14)13(17(4)15-12)16(3)7-9-5-10(18)6-9/h8-10,18H,5-7,14H2,1-4H3. The van der Waals surface area contributed by atoms with Crippen LogP contribution in [0.1, 0.15) is 38.3 Å². The number of aromatic nitrogens is 2. The zero-order valence-electron chi connectivity index (χ0n) is 11.7. The van der Waals surface area contributed by atoms with E-state index in [-0.39, 0.29) is 6.10 Å². The molecule has 0 spiro atoms. The first-order valence-electron chi connectivity index (χ1n) is 6.61. The van der Waals surface area contributed by atoms with Gasteiger partial charge in [-0.1, -0.05) is 13.8 Å². The Bertz CT molecular complexity index is 421. The molecule has 0 saturated heterocycles. The van der Waals surface area contributed by atoms with Crippen molar-refractivity contribution in [2.45, 2.75) is 38.7 Å². The summed E-state index contributed by atoms with van der Waals surface area (Å²) < 4.78 is 1.86. The molecule has 18 heavy (non-hydrogen) atoms. The van der Waals surface area contributed by atoms with Crippen molar-refractivity contribution in [3.8, 4) is 0 Å². The number of hydrogen-bond donors (Lipinski definition) is 2. The fraction of sp³-hybridized carbons (Fsp3) is 0.769. The van der Waals surface area contributed by atoms with Gasteiger partial charge in [0.15, 0.2) is 0 Å². The number of nitrogens with two attached hydrogens (primary N) is 1. The number of aliphatic hydroxyl groups excluding tert-OH is 1. The van der Waals surface area contributed by atoms with Gasteiger partial charge in [-0.05, 0) is 24.7 Å². The molecule has 0 aromatic carbocycles. The van der Waals surface area contributed by atoms with Crippen molar-refractivity contribution < 1.29 is 5.11 Å². The summed E-state index contributed by atoms with van der Waals surface area (Å²) in [5.41, 5.74) is 7.95. The average molecular weight is 252 g/mol. The van der Waals surface area contributed by atoms with Gasteiger partial charge in [0.25, 0.3) is 0 Å². The van der Waals surface area contributed by atoms with E-state index >= 15 is 0 Å². The molecule has 1 aromatic heterocycles. The minimum atomic E-state index is -0.0986. The van der Waals surface area contributed by atoms with Crippen LogP contribution in [0.15, 0.2) is 0 Å². The van der Waals surface area contributed by atoms with Gasteiger partial charge in [0.05, 0.1) is 17.5 Å². The molecule has 1 saturated carbocycles. The van der Waals surface area contributed by atoms with E-state index in [0.717, 1.165) is 36.6 Å². The highest BCUT2D eigenvalue weighted by molar-refractivity contribution is 5.66. The van der Waals surface area contributed by atoms with E-state index in [2.05, 4.69) is 23.8 Å². The summed E-state index contributed by atoms with van der Waals surface area (Å²) in [5.74, 6) is 1.89. The molecular weight excluding hydrogens is 228 g/mol. The predicted octanol–water partition coefficient (Wildman–Crippen LogP) is 1.33. The predicted molar refractivity (Wildman–Crippen MR) is 73.7 cm³/mol. The average Bonchev–Trinajstić information content (AvgIpc) is 2.52. The highest BCUT2D eigenvalue weighted by Gasteiger charge is 2.29. The van der Waals surface area contributed by atoms with Crippen molar-refractivity contribution in [1.82, 2.24) is 9.78 Å². The van der Waals surface area contributed by atoms with Crippen LogP contribution in [-0.2, 0) is 7.05 Å². The van der Waals surface area contributed by atoms with Crippen LogP contribution < -0.4 is 10.6 Å². The van der Waals surface area contributed by atoms with Crippen molar-refractivity contribution in [1.29, 1.82) is 0 Å². The van der Waals surface area contributed by atoms with Crippen molar-refractivity contribution in [2.75, 3.05) is 24.2 Å². The van der Waals surface area contributed by atoms with Crippen LogP contribution in [0, 0.1) is 5.92 Å². The van der Waals surface area contributed by atoms with Crippen molar-refractivity contribution in [3.05, 3.63) is 5.69 Å². The Hall–Kier alpha value is -1.23. The van der Waals surface area contributed by atoms with Crippen LogP contribution in [0.25, 0.3) is 0 Å². The summed E-state index contributed by atoms with van der Waals surface area (Å²) in [6.07, 6.45) is 1.71. The summed E-state index contributed by atoms with van der Waals surface area (Å²) in [6.45, 7) is 5.13. The van der Waals surface area contributed by atoms with E-state index in [1.807, 2.05) is 18.8 Å². The minimum Gasteiger partial charge on any atom is -0.394 e. The minimum absolute atomic E-state index is 0.0986. The first-order chi connectivity index (χ1) is 8.40. The summed E-state index contributed by atoms with van der Waals surface area (Å²) in [7, 11) is 3.98. The van der Waals surface area contributed by atoms with Gasteiger partial charge in [-0.15, -0.1) is 0 Å². The molecule has 1 aliphatic rings. The van der Waals surface area contributed by atoms with Crippen LogP contribution in [0.3, 0.4) is 0 Å². The summed E-state index contributed by atoms with van der Waals surface area (Å²) >= 11 is 0. The molecule has 0 atom stereocenters. The molecule has 5 nitrogen and oxygen atoms in total. The second-order valence-corrected chi connectivity index (χ2v) is 5.77. The lowest BCUT2D eigenvalue weighted by molar-refractivity contribution is 0.0464. The van der Waals surface area contributed by atoms with E-state index in [4.69, 9.17) is 5.73 Å². The number of nitrogens with zero attached hydrogens (tertiary/aromatic N) is 3. The molecule has 3 N–H and O–H groups in total. The van der Waals surface area contributed by atoms with Gasteiger partial charge in [-0.3, -0.25) is 4.68 Å². The molecule has 0 aliphatic heterocycles. The largest absolute Gasteiger partial charge is 0.394 e. The second-order valence-electron chi connectivity index (χ2n) is 5.77. The van der Waals surface area contributed by atoms with Gasteiger partial charge < -0.3 is 15.7 Å². The molecule has 5 heteroatoms. The number of hydrogen-bond acceptors (Lipinski definition) is 4. The molecule has 1 heterocycles. The van der Waals surface area contributed by atoms with Crippen molar-refractivity contribution in [3.63, 3.8) is 0 Å². The molecule has 1 aromatic rings. The van der Waals surface area contributed by atoms with Gasteiger partial charge in [0.1, 0.15) is 5.82 Å². The van der Waals surface area contributed by atoms with E-state index < -0.39 is 0 Å². The fourth-order valence-corrected chi connectivity index (χ4v) is 2.75. The lowest BCUT2D eigenvalue weighted by Crippen LogP contribution is -2.37. The van der Waals surface area contributed by atoms with Crippen LogP contribution in [0.5, 0.6) is 0 Å². The quantitative estimate of drug-likeness (QED) is 0.848. The third-order valence-corrected chi connectivity index (χ3v) is 3.73. The number of aryl methyl sites for hydroxylation is 1. The van der Waals surface area contributed by atoms with Crippen LogP contribution in [0.2, 0.25) is 0 Å². The molecule has 0 radical (unpaired) electrons. The topological polar surface area (TPSA) is 67.3 Å². The van der Waals surface area contributed by atoms with Gasteiger partial charge in [-0.25, -0.2) is 0 Å². The highest BCUT2D eigenvalue weighted by atomic mass is 16.3. The number of nitrogen functional groups attached to an aromatic ring is 1. The first kappa shape index (κ1) is 13.2. The van der Waals surface area contributed by atoms with Crippen molar-refractivity contribution in [2.24, 2.45) is 13.0 Å². The Balaban J connectivity index is 2.12. The van der Waals surface area contributed by atoms with E-state index in [1.54, 1.807) is 0 Å². The van der Waals surface area contributed by atoms with Crippen molar-refractivity contribution >= 4 is 11.5 Å². The molecule has 2 rings (SSSR count). The summed E-state index contributed by atoms with van der Waals surface area (Å²) in [6, 6.07) is 0. The molecule has 0 bridgehead atoms. The Labute approximate surface area is 109 Å². The van der Waals surface area contributed by atoms with Crippen LogP contribution in [0.4, 0.5) is 11.5 Å². The molecule has 1 fully saturated rings. The monoisotopic (exact) mass is 252 g/mol. The highest BCUT2D eigenvalue weighted by Crippen LogP contribution is 2.33. The smallest absolute Gasteiger partial charge is 0.150 e. The Kier molecular flexibility index (Phi) is 3.52. The third-order valence-electron chi connectivity index (χ3n) is 3.73. The van der Waals surface area contributed by atoms with E-state index in [0.29, 0.717) is 11.8 Å². The van der Waals surface area contributed by atoms with Crippen LogP contribution in [-0.4, -0.2) is 34.6 Å². The Morgan fingerprint density at radius 1 is 1.50 bits per heavy atom. The SMILES string of the molecule is CC(C)c1nn(C)c(N(C)CC2CC(O)C2)c1N. The summed E-state index contributed by atoms with van der Waals surface area (Å²) in [5, 5.41) is 13.8. The maximum atomic E-state index is 9.33. The Morgan fingerprint density at radius 3 is 2.56 bits per heavy atom. The Morgan fingerprint density at radius 2 is 2.11 bits per heavy atom. The van der Waals surface area contributed by atoms with Gasteiger partial charge in [0, 0.05) is 20.6 Å². The van der Waals surface area contributed by atoms with Gasteiger partial charge in [0.2, 0.25) is 0 Å². The summed E-state index contributed by atoms with van der Waals surface area (Å²) in [4.78, 5) is 2.16. The lowest BCUT2D eigenvalue weighted by atomic mass is 9.82. The number of rotatable bonds is 4. The van der Waals surface area contributed by atoms with Gasteiger partial charge in [-0.2, -0.15) is 5.10 Å². The zero-order chi connectivity index (χ0) is 13.4. The molecule has 1 aliphatic carbocycles. The van der Waals surface area contributed by atoms with Gasteiger partial charge >= 0.3 is 0 Å². The van der Waals surface area contributed by atoms with E-state index in [9.17, 15) is 5.11 Å². The lowest BCUT2D eigenvalue weighted by Gasteiger charge is -2.35. The maximum Gasteiger partial charge on any atom is 0.150 e. The third kappa shape index (κ3) is 2.32. The number of aliphatic hydroxyl groups is 1. The molecule has 0 unspecified atom stereocenters. The zero-order valence-corrected chi connectivity index (χ0v) is 11.7. The molecule has 102 valence electrons. The normalized spacial score (nSPS) is 23.2.